The van der Waals surface area contributed by atoms with E-state index in [1.165, 1.54) is 4.68 Å². The summed E-state index contributed by atoms with van der Waals surface area (Å²) in [4.78, 5) is 23.6. The number of piperidine rings is 1. The van der Waals surface area contributed by atoms with Crippen molar-refractivity contribution in [1.82, 2.24) is 14.7 Å². The molecule has 2 heterocycles. The van der Waals surface area contributed by atoms with Crippen molar-refractivity contribution in [3.8, 4) is 0 Å². The Labute approximate surface area is 122 Å². The Morgan fingerprint density at radius 1 is 1.52 bits per heavy atom. The van der Waals surface area contributed by atoms with Crippen LogP contribution in [0.1, 0.15) is 18.5 Å². The Hall–Kier alpha value is -2.16. The van der Waals surface area contributed by atoms with E-state index >= 15 is 0 Å². The summed E-state index contributed by atoms with van der Waals surface area (Å²) >= 11 is 0. The third-order valence-corrected chi connectivity index (χ3v) is 3.68. The first-order valence-corrected chi connectivity index (χ1v) is 6.83. The number of nitrogens with two attached hydrogens (primary N) is 1. The van der Waals surface area contributed by atoms with Crippen LogP contribution >= 0.6 is 0 Å². The molecule has 0 radical (unpaired) electrons. The molecule has 1 aromatic heterocycles. The fourth-order valence-electron chi connectivity index (χ4n) is 2.68. The van der Waals surface area contributed by atoms with Gasteiger partial charge in [0.05, 0.1) is 11.5 Å². The molecule has 21 heavy (non-hydrogen) atoms. The van der Waals surface area contributed by atoms with Gasteiger partial charge in [0.15, 0.2) is 0 Å². The van der Waals surface area contributed by atoms with Crippen LogP contribution in [0.2, 0.25) is 0 Å². The van der Waals surface area contributed by atoms with Gasteiger partial charge in [0, 0.05) is 26.2 Å². The Kier molecular flexibility index (Phi) is 4.41. The number of rotatable bonds is 5. The normalized spacial score (nSPS) is 16.9. The number of nitrogens with one attached hydrogen (secondary N) is 1. The predicted octanol–water partition coefficient (Wildman–Crippen LogP) is -0.00168. The lowest BCUT2D eigenvalue weighted by Crippen LogP contribution is -2.43. The van der Waals surface area contributed by atoms with E-state index < -0.39 is 4.92 Å². The number of aryl methyl sites for hydroxylation is 2. The van der Waals surface area contributed by atoms with Crippen LogP contribution in [0.4, 0.5) is 11.5 Å². The van der Waals surface area contributed by atoms with Crippen LogP contribution < -0.4 is 11.1 Å². The highest BCUT2D eigenvalue weighted by Gasteiger charge is 2.27. The lowest BCUT2D eigenvalue weighted by molar-refractivity contribution is -0.384. The molecule has 1 aliphatic heterocycles. The number of anilines is 1. The number of amides is 1. The molecule has 0 unspecified atom stereocenters. The zero-order valence-corrected chi connectivity index (χ0v) is 12.2. The Balaban J connectivity index is 2.01. The van der Waals surface area contributed by atoms with E-state index in [9.17, 15) is 14.9 Å². The highest BCUT2D eigenvalue weighted by molar-refractivity contribution is 5.75. The van der Waals surface area contributed by atoms with Crippen LogP contribution in [-0.4, -0.2) is 51.2 Å². The molecule has 0 aromatic carbocycles. The number of carbonyl (C=O) groups excluding carboxylic acids is 1. The minimum atomic E-state index is -0.410. The van der Waals surface area contributed by atoms with Crippen LogP contribution in [0.3, 0.4) is 0 Å². The molecule has 0 saturated carbocycles. The highest BCUT2D eigenvalue weighted by atomic mass is 16.6. The van der Waals surface area contributed by atoms with Crippen LogP contribution in [0, 0.1) is 17.0 Å². The molecule has 9 nitrogen and oxygen atoms in total. The van der Waals surface area contributed by atoms with Crippen LogP contribution in [-0.2, 0) is 11.8 Å². The van der Waals surface area contributed by atoms with Crippen molar-refractivity contribution < 1.29 is 9.72 Å². The van der Waals surface area contributed by atoms with Gasteiger partial charge in [0.25, 0.3) is 0 Å². The smallest absolute Gasteiger partial charge is 0.333 e. The molecule has 0 bridgehead atoms. The Morgan fingerprint density at radius 3 is 2.67 bits per heavy atom. The van der Waals surface area contributed by atoms with E-state index in [0.717, 1.165) is 25.9 Å². The van der Waals surface area contributed by atoms with E-state index in [0.29, 0.717) is 11.5 Å². The summed E-state index contributed by atoms with van der Waals surface area (Å²) in [6.45, 7) is 3.37. The van der Waals surface area contributed by atoms with Gasteiger partial charge in [-0.1, -0.05) is 0 Å². The summed E-state index contributed by atoms with van der Waals surface area (Å²) in [5.41, 5.74) is 5.60. The molecule has 116 valence electrons. The van der Waals surface area contributed by atoms with Crippen LogP contribution in [0.5, 0.6) is 0 Å². The predicted molar refractivity (Wildman–Crippen MR) is 76.9 cm³/mol. The van der Waals surface area contributed by atoms with Crippen molar-refractivity contribution in [3.63, 3.8) is 0 Å². The molecule has 0 atom stereocenters. The summed E-state index contributed by atoms with van der Waals surface area (Å²) in [6, 6.07) is 0.127. The van der Waals surface area contributed by atoms with Crippen molar-refractivity contribution >= 4 is 17.4 Å². The van der Waals surface area contributed by atoms with E-state index in [4.69, 9.17) is 5.73 Å². The molecule has 2 rings (SSSR count). The lowest BCUT2D eigenvalue weighted by Gasteiger charge is -2.31. The van der Waals surface area contributed by atoms with E-state index in [-0.39, 0.29) is 24.2 Å². The molecule has 9 heteroatoms. The fraction of sp³-hybridized carbons (Fsp3) is 0.667. The molecule has 1 saturated heterocycles. The number of hydrogen-bond donors (Lipinski definition) is 2. The fourth-order valence-corrected chi connectivity index (χ4v) is 2.68. The van der Waals surface area contributed by atoms with Gasteiger partial charge < -0.3 is 11.1 Å². The first-order chi connectivity index (χ1) is 9.88. The number of likely N-dealkylation sites (tertiary alicyclic amines) is 1. The van der Waals surface area contributed by atoms with Crippen LogP contribution in [0.15, 0.2) is 0 Å². The summed E-state index contributed by atoms with van der Waals surface area (Å²) in [5.74, 6) is 0.102. The van der Waals surface area contributed by atoms with E-state index in [1.54, 1.807) is 14.0 Å². The second-order valence-electron chi connectivity index (χ2n) is 5.32. The van der Waals surface area contributed by atoms with Crippen LogP contribution in [0.25, 0.3) is 0 Å². The van der Waals surface area contributed by atoms with Gasteiger partial charge in [-0.3, -0.25) is 19.8 Å². The second-order valence-corrected chi connectivity index (χ2v) is 5.32. The van der Waals surface area contributed by atoms with Gasteiger partial charge in [-0.2, -0.15) is 5.10 Å². The number of aromatic nitrogens is 2. The maximum atomic E-state index is 11.1. The topological polar surface area (TPSA) is 119 Å². The summed E-state index contributed by atoms with van der Waals surface area (Å²) < 4.78 is 1.50. The van der Waals surface area contributed by atoms with Gasteiger partial charge in [0.2, 0.25) is 11.7 Å². The first-order valence-electron chi connectivity index (χ1n) is 6.83. The summed E-state index contributed by atoms with van der Waals surface area (Å²) in [5, 5.41) is 18.4. The van der Waals surface area contributed by atoms with Crippen molar-refractivity contribution in [2.45, 2.75) is 25.8 Å². The Bertz CT molecular complexity index is 547. The van der Waals surface area contributed by atoms with Crippen molar-refractivity contribution in [3.05, 3.63) is 15.8 Å². The van der Waals surface area contributed by atoms with E-state index in [1.807, 2.05) is 4.90 Å². The molecule has 1 amide bonds. The van der Waals surface area contributed by atoms with Crippen molar-refractivity contribution in [1.29, 1.82) is 0 Å². The molecule has 0 aliphatic carbocycles. The quantitative estimate of drug-likeness (QED) is 0.583. The van der Waals surface area contributed by atoms with Gasteiger partial charge >= 0.3 is 5.69 Å². The zero-order valence-electron chi connectivity index (χ0n) is 12.2. The second kappa shape index (κ2) is 6.08. The SMILES string of the molecule is Cc1nn(C)c(NC2CCN(CC(N)=O)CC2)c1[N+](=O)[O-]. The maximum Gasteiger partial charge on any atom is 0.333 e. The number of nitro groups is 1. The van der Waals surface area contributed by atoms with Crippen molar-refractivity contribution in [2.24, 2.45) is 12.8 Å². The number of primary amides is 1. The van der Waals surface area contributed by atoms with Crippen molar-refractivity contribution in [2.75, 3.05) is 25.0 Å². The average molecular weight is 296 g/mol. The lowest BCUT2D eigenvalue weighted by atomic mass is 10.0. The zero-order chi connectivity index (χ0) is 15.6. The summed E-state index contributed by atoms with van der Waals surface area (Å²) in [6.07, 6.45) is 1.60. The van der Waals surface area contributed by atoms with Gasteiger partial charge in [-0.15, -0.1) is 0 Å². The Morgan fingerprint density at radius 2 is 2.14 bits per heavy atom. The molecule has 1 aliphatic rings. The molecule has 1 fully saturated rings. The molecule has 0 spiro atoms. The third-order valence-electron chi connectivity index (χ3n) is 3.68. The minimum absolute atomic E-state index is 0.0251. The molecule has 1 aromatic rings. The standard InChI is InChI=1S/C12H20N6O3/c1-8-11(18(20)21)12(16(2)15-8)14-9-3-5-17(6-4-9)7-10(13)19/h9,14H,3-7H2,1-2H3,(H2,13,19). The number of carbonyl (C=O) groups is 1. The first kappa shape index (κ1) is 15.2. The number of hydrogen-bond acceptors (Lipinski definition) is 6. The van der Waals surface area contributed by atoms with Gasteiger partial charge in [-0.25, -0.2) is 4.68 Å². The monoisotopic (exact) mass is 296 g/mol. The average Bonchev–Trinajstić information content (AvgIpc) is 2.66. The number of nitrogens with zero attached hydrogens (tertiary/aromatic N) is 4. The van der Waals surface area contributed by atoms with E-state index in [2.05, 4.69) is 10.4 Å². The molecular weight excluding hydrogens is 276 g/mol. The van der Waals surface area contributed by atoms with Gasteiger partial charge in [0.1, 0.15) is 5.69 Å². The summed E-state index contributed by atoms with van der Waals surface area (Å²) in [7, 11) is 1.69. The third kappa shape index (κ3) is 3.48. The highest BCUT2D eigenvalue weighted by Crippen LogP contribution is 2.29. The largest absolute Gasteiger partial charge is 0.369 e. The maximum absolute atomic E-state index is 11.1. The minimum Gasteiger partial charge on any atom is -0.369 e. The molecular formula is C12H20N6O3. The van der Waals surface area contributed by atoms with Gasteiger partial charge in [-0.05, 0) is 19.8 Å². The molecule has 3 N–H and O–H groups in total.